The summed E-state index contributed by atoms with van der Waals surface area (Å²) < 4.78 is 7.46. The molecule has 0 atom stereocenters. The molecule has 27 heavy (non-hydrogen) atoms. The van der Waals surface area contributed by atoms with Crippen molar-refractivity contribution in [2.45, 2.75) is 33.7 Å². The summed E-state index contributed by atoms with van der Waals surface area (Å²) in [4.78, 5) is 17.0. The van der Waals surface area contributed by atoms with Crippen LogP contribution in [0.25, 0.3) is 11.3 Å². The Morgan fingerprint density at radius 1 is 1.11 bits per heavy atom. The maximum atomic E-state index is 12.7. The highest BCUT2D eigenvalue weighted by Crippen LogP contribution is 2.40. The molecule has 3 aromatic rings. The van der Waals surface area contributed by atoms with Crippen molar-refractivity contribution in [2.24, 2.45) is 0 Å². The molecule has 0 aliphatic carbocycles. The molecule has 1 aliphatic heterocycles. The van der Waals surface area contributed by atoms with Gasteiger partial charge in [-0.2, -0.15) is 4.98 Å². The molecular weight excluding hydrogens is 338 g/mol. The summed E-state index contributed by atoms with van der Waals surface area (Å²) in [6.07, 6.45) is 0.816. The molecule has 0 amide bonds. The number of anilines is 2. The highest BCUT2D eigenvalue weighted by Gasteiger charge is 2.25. The molecule has 1 N–H and O–H groups in total. The van der Waals surface area contributed by atoms with Crippen LogP contribution in [0.3, 0.4) is 0 Å². The van der Waals surface area contributed by atoms with Gasteiger partial charge in [0.15, 0.2) is 11.6 Å². The van der Waals surface area contributed by atoms with Gasteiger partial charge in [-0.1, -0.05) is 42.0 Å². The fourth-order valence-electron chi connectivity index (χ4n) is 3.99. The fraction of sp³-hybridized carbons (Fsp3) is 0.273. The van der Waals surface area contributed by atoms with Crippen LogP contribution in [0.2, 0.25) is 0 Å². The first-order chi connectivity index (χ1) is 13.0. The van der Waals surface area contributed by atoms with E-state index in [1.54, 1.807) is 11.7 Å². The number of rotatable bonds is 3. The van der Waals surface area contributed by atoms with Crippen molar-refractivity contribution in [1.82, 2.24) is 9.55 Å². The van der Waals surface area contributed by atoms with E-state index in [0.29, 0.717) is 18.1 Å². The monoisotopic (exact) mass is 361 g/mol. The lowest BCUT2D eigenvalue weighted by Crippen LogP contribution is -2.29. The molecular formula is C22H23N3O2. The summed E-state index contributed by atoms with van der Waals surface area (Å²) in [5.74, 6) is 1.06. The van der Waals surface area contributed by atoms with Gasteiger partial charge in [0.1, 0.15) is 0 Å². The molecule has 0 unspecified atom stereocenters. The quantitative estimate of drug-likeness (QED) is 0.762. The number of hydrogen-bond acceptors (Lipinski definition) is 4. The Balaban J connectivity index is 1.92. The number of methoxy groups -OCH3 is 1. The summed E-state index contributed by atoms with van der Waals surface area (Å²) in [6, 6.07) is 12.4. The summed E-state index contributed by atoms with van der Waals surface area (Å²) in [7, 11) is 1.62. The van der Waals surface area contributed by atoms with Crippen LogP contribution in [0.15, 0.2) is 41.2 Å². The molecule has 1 aliphatic rings. The third-order valence-corrected chi connectivity index (χ3v) is 5.14. The molecule has 2 aromatic carbocycles. The third-order valence-electron chi connectivity index (χ3n) is 5.14. The lowest BCUT2D eigenvalue weighted by atomic mass is 9.97. The number of aromatic nitrogens is 2. The normalized spacial score (nSPS) is 12.3. The van der Waals surface area contributed by atoms with E-state index in [2.05, 4.69) is 49.3 Å². The average molecular weight is 361 g/mol. The molecule has 5 heteroatoms. The van der Waals surface area contributed by atoms with E-state index in [1.165, 1.54) is 11.1 Å². The van der Waals surface area contributed by atoms with Gasteiger partial charge in [0.25, 0.3) is 0 Å². The fourth-order valence-corrected chi connectivity index (χ4v) is 3.99. The van der Waals surface area contributed by atoms with Crippen molar-refractivity contribution in [3.63, 3.8) is 0 Å². The van der Waals surface area contributed by atoms with Crippen LogP contribution in [0.4, 0.5) is 11.5 Å². The van der Waals surface area contributed by atoms with E-state index in [4.69, 9.17) is 4.74 Å². The van der Waals surface area contributed by atoms with Crippen LogP contribution in [0, 0.1) is 20.8 Å². The number of nitrogens with zero attached hydrogens (tertiary/aromatic N) is 2. The first kappa shape index (κ1) is 17.3. The van der Waals surface area contributed by atoms with E-state index in [-0.39, 0.29) is 5.69 Å². The van der Waals surface area contributed by atoms with E-state index >= 15 is 0 Å². The number of hydrogen-bond donors (Lipinski definition) is 1. The SMILES string of the molecule is COc1c(Nc2c(C)cc(C)cc2C)nc(=O)n2c1-c1ccccc1CC2. The van der Waals surface area contributed by atoms with Gasteiger partial charge in [-0.15, -0.1) is 0 Å². The summed E-state index contributed by atoms with van der Waals surface area (Å²) in [5.41, 5.74) is 7.16. The average Bonchev–Trinajstić information content (AvgIpc) is 2.64. The highest BCUT2D eigenvalue weighted by molar-refractivity contribution is 5.79. The number of fused-ring (bicyclic) bond motifs is 3. The Morgan fingerprint density at radius 2 is 1.81 bits per heavy atom. The van der Waals surface area contributed by atoms with Crippen molar-refractivity contribution < 1.29 is 4.74 Å². The minimum atomic E-state index is -0.259. The van der Waals surface area contributed by atoms with Gasteiger partial charge in [0, 0.05) is 17.8 Å². The zero-order valence-electron chi connectivity index (χ0n) is 16.1. The van der Waals surface area contributed by atoms with E-state index in [1.807, 2.05) is 18.2 Å². The van der Waals surface area contributed by atoms with Crippen LogP contribution in [-0.2, 0) is 13.0 Å². The van der Waals surface area contributed by atoms with Gasteiger partial charge < -0.3 is 10.1 Å². The van der Waals surface area contributed by atoms with Gasteiger partial charge in [-0.05, 0) is 43.9 Å². The van der Waals surface area contributed by atoms with Crippen molar-refractivity contribution in [3.8, 4) is 17.0 Å². The molecule has 5 nitrogen and oxygen atoms in total. The molecule has 1 aromatic heterocycles. The molecule has 0 radical (unpaired) electrons. The van der Waals surface area contributed by atoms with Gasteiger partial charge >= 0.3 is 5.69 Å². The Kier molecular flexibility index (Phi) is 4.22. The zero-order valence-corrected chi connectivity index (χ0v) is 16.1. The lowest BCUT2D eigenvalue weighted by molar-refractivity contribution is 0.408. The standard InChI is InChI=1S/C22H23N3O2/c1-13-11-14(2)18(15(3)12-13)23-21-20(27-4)19-17-8-6-5-7-16(17)9-10-25(19)22(26)24-21/h5-8,11-12H,9-10H2,1-4H3,(H,23,24,26). The topological polar surface area (TPSA) is 56.1 Å². The minimum Gasteiger partial charge on any atom is -0.491 e. The van der Waals surface area contributed by atoms with E-state index in [9.17, 15) is 4.79 Å². The Labute approximate surface area is 158 Å². The number of ether oxygens (including phenoxy) is 1. The second kappa shape index (κ2) is 6.58. The van der Waals surface area contributed by atoms with Crippen molar-refractivity contribution in [1.29, 1.82) is 0 Å². The van der Waals surface area contributed by atoms with Crippen molar-refractivity contribution in [2.75, 3.05) is 12.4 Å². The maximum absolute atomic E-state index is 12.7. The molecule has 138 valence electrons. The molecule has 0 saturated heterocycles. The van der Waals surface area contributed by atoms with E-state index in [0.717, 1.165) is 34.5 Å². The second-order valence-electron chi connectivity index (χ2n) is 7.08. The second-order valence-corrected chi connectivity index (χ2v) is 7.08. The highest BCUT2D eigenvalue weighted by atomic mass is 16.5. The van der Waals surface area contributed by atoms with Crippen LogP contribution in [0.1, 0.15) is 22.3 Å². The van der Waals surface area contributed by atoms with Gasteiger partial charge in [-0.3, -0.25) is 4.57 Å². The van der Waals surface area contributed by atoms with Crippen LogP contribution in [-0.4, -0.2) is 16.7 Å². The van der Waals surface area contributed by atoms with Crippen LogP contribution >= 0.6 is 0 Å². The summed E-state index contributed by atoms with van der Waals surface area (Å²) >= 11 is 0. The molecule has 4 rings (SSSR count). The van der Waals surface area contributed by atoms with Crippen molar-refractivity contribution >= 4 is 11.5 Å². The lowest BCUT2D eigenvalue weighted by Gasteiger charge is -2.25. The predicted octanol–water partition coefficient (Wildman–Crippen LogP) is 4.14. The van der Waals surface area contributed by atoms with Crippen LogP contribution in [0.5, 0.6) is 5.75 Å². The molecule has 2 heterocycles. The maximum Gasteiger partial charge on any atom is 0.350 e. The predicted molar refractivity (Wildman–Crippen MR) is 108 cm³/mol. The van der Waals surface area contributed by atoms with Crippen LogP contribution < -0.4 is 15.7 Å². The molecule has 0 bridgehead atoms. The Morgan fingerprint density at radius 3 is 2.52 bits per heavy atom. The number of aryl methyl sites for hydroxylation is 4. The summed E-state index contributed by atoms with van der Waals surface area (Å²) in [5, 5.41) is 3.36. The van der Waals surface area contributed by atoms with E-state index < -0.39 is 0 Å². The first-order valence-corrected chi connectivity index (χ1v) is 9.11. The largest absolute Gasteiger partial charge is 0.491 e. The van der Waals surface area contributed by atoms with Crippen molar-refractivity contribution in [3.05, 3.63) is 69.1 Å². The zero-order chi connectivity index (χ0) is 19.1. The smallest absolute Gasteiger partial charge is 0.350 e. The summed E-state index contributed by atoms with van der Waals surface area (Å²) in [6.45, 7) is 6.78. The Hall–Kier alpha value is -3.08. The van der Waals surface area contributed by atoms with Gasteiger partial charge in [-0.25, -0.2) is 4.79 Å². The molecule has 0 fully saturated rings. The Bertz CT molecular complexity index is 1080. The molecule has 0 saturated carbocycles. The minimum absolute atomic E-state index is 0.259. The first-order valence-electron chi connectivity index (χ1n) is 9.11. The van der Waals surface area contributed by atoms with Gasteiger partial charge in [0.2, 0.25) is 0 Å². The third kappa shape index (κ3) is 2.89. The molecule has 0 spiro atoms. The van der Waals surface area contributed by atoms with Gasteiger partial charge in [0.05, 0.1) is 12.8 Å². The number of nitrogens with one attached hydrogen (secondary N) is 1. The number of benzene rings is 2.